The van der Waals surface area contributed by atoms with Gasteiger partial charge in [-0.2, -0.15) is 5.10 Å². The molecule has 3 aromatic heterocycles. The number of carbonyl (C=O) groups excluding carboxylic acids is 1. The maximum Gasteiger partial charge on any atom is 0.257 e. The molecule has 0 aliphatic rings. The van der Waals surface area contributed by atoms with E-state index in [4.69, 9.17) is 4.74 Å². The Morgan fingerprint density at radius 2 is 2.18 bits per heavy atom. The summed E-state index contributed by atoms with van der Waals surface area (Å²) in [5.74, 6) is 0.295. The summed E-state index contributed by atoms with van der Waals surface area (Å²) in [6.07, 6.45) is 6.53. The number of fused-ring (bicyclic) bond motifs is 1. The first kappa shape index (κ1) is 14.0. The molecule has 0 saturated heterocycles. The van der Waals surface area contributed by atoms with E-state index in [0.717, 1.165) is 5.56 Å². The molecule has 0 aromatic carbocycles. The van der Waals surface area contributed by atoms with Crippen LogP contribution in [0.4, 0.5) is 0 Å². The number of amides is 1. The number of hydrogen-bond acceptors (Lipinski definition) is 5. The Labute approximate surface area is 127 Å². The van der Waals surface area contributed by atoms with Crippen LogP contribution < -0.4 is 10.1 Å². The Kier molecular flexibility index (Phi) is 3.95. The second-order valence-corrected chi connectivity index (χ2v) is 4.53. The Bertz CT molecular complexity index is 799. The van der Waals surface area contributed by atoms with Crippen LogP contribution in [-0.2, 0) is 6.54 Å². The second-order valence-electron chi connectivity index (χ2n) is 4.53. The third kappa shape index (κ3) is 2.73. The summed E-state index contributed by atoms with van der Waals surface area (Å²) < 4.78 is 7.00. The normalized spacial score (nSPS) is 10.6. The van der Waals surface area contributed by atoms with E-state index in [2.05, 4.69) is 20.4 Å². The first-order chi connectivity index (χ1) is 10.8. The Hall–Kier alpha value is -2.96. The predicted molar refractivity (Wildman–Crippen MR) is 79.6 cm³/mol. The molecule has 0 unspecified atom stereocenters. The molecular formula is C15H15N5O2. The molecular weight excluding hydrogens is 282 g/mol. The molecule has 22 heavy (non-hydrogen) atoms. The highest BCUT2D eigenvalue weighted by atomic mass is 16.5. The van der Waals surface area contributed by atoms with Crippen molar-refractivity contribution in [1.82, 2.24) is 24.9 Å². The van der Waals surface area contributed by atoms with Crippen molar-refractivity contribution in [2.24, 2.45) is 0 Å². The standard InChI is InChI=1S/C15H15N5O2/c1-2-22-15-11(5-3-6-17-15)9-18-14(21)12-10-19-20-8-4-7-16-13(12)20/h3-8,10H,2,9H2,1H3,(H,18,21). The number of ether oxygens (including phenoxy) is 1. The molecule has 7 heteroatoms. The number of nitrogens with one attached hydrogen (secondary N) is 1. The smallest absolute Gasteiger partial charge is 0.257 e. The fraction of sp³-hybridized carbons (Fsp3) is 0.200. The van der Waals surface area contributed by atoms with Gasteiger partial charge in [-0.3, -0.25) is 4.79 Å². The van der Waals surface area contributed by atoms with Crippen molar-refractivity contribution < 1.29 is 9.53 Å². The van der Waals surface area contributed by atoms with Crippen LogP contribution >= 0.6 is 0 Å². The van der Waals surface area contributed by atoms with Gasteiger partial charge in [0, 0.05) is 30.7 Å². The van der Waals surface area contributed by atoms with Crippen LogP contribution in [0.2, 0.25) is 0 Å². The van der Waals surface area contributed by atoms with E-state index >= 15 is 0 Å². The molecule has 7 nitrogen and oxygen atoms in total. The van der Waals surface area contributed by atoms with Crippen LogP contribution in [0.5, 0.6) is 5.88 Å². The SMILES string of the molecule is CCOc1ncccc1CNC(=O)c1cnn2cccnc12. The van der Waals surface area contributed by atoms with Crippen LogP contribution in [0, 0.1) is 0 Å². The van der Waals surface area contributed by atoms with Gasteiger partial charge in [0.25, 0.3) is 5.91 Å². The number of pyridine rings is 1. The summed E-state index contributed by atoms with van der Waals surface area (Å²) in [5.41, 5.74) is 1.78. The lowest BCUT2D eigenvalue weighted by Crippen LogP contribution is -2.23. The van der Waals surface area contributed by atoms with Gasteiger partial charge in [-0.15, -0.1) is 0 Å². The molecule has 0 radical (unpaired) electrons. The molecule has 0 aliphatic carbocycles. The van der Waals surface area contributed by atoms with E-state index in [0.29, 0.717) is 30.2 Å². The van der Waals surface area contributed by atoms with Gasteiger partial charge in [-0.25, -0.2) is 14.5 Å². The molecule has 3 rings (SSSR count). The van der Waals surface area contributed by atoms with Crippen molar-refractivity contribution >= 4 is 11.6 Å². The van der Waals surface area contributed by atoms with Crippen molar-refractivity contribution in [2.45, 2.75) is 13.5 Å². The maximum atomic E-state index is 12.3. The van der Waals surface area contributed by atoms with Crippen LogP contribution in [0.3, 0.4) is 0 Å². The second kappa shape index (κ2) is 6.21. The minimum absolute atomic E-state index is 0.236. The van der Waals surface area contributed by atoms with E-state index < -0.39 is 0 Å². The van der Waals surface area contributed by atoms with Crippen molar-refractivity contribution in [3.63, 3.8) is 0 Å². The molecule has 0 saturated carbocycles. The Balaban J connectivity index is 1.75. The molecule has 3 heterocycles. The largest absolute Gasteiger partial charge is 0.478 e. The molecule has 0 spiro atoms. The molecule has 0 fully saturated rings. The highest BCUT2D eigenvalue weighted by Crippen LogP contribution is 2.14. The van der Waals surface area contributed by atoms with E-state index in [9.17, 15) is 4.79 Å². The summed E-state index contributed by atoms with van der Waals surface area (Å²) in [4.78, 5) is 20.6. The molecule has 0 atom stereocenters. The minimum Gasteiger partial charge on any atom is -0.478 e. The van der Waals surface area contributed by atoms with Crippen LogP contribution in [0.25, 0.3) is 5.65 Å². The summed E-state index contributed by atoms with van der Waals surface area (Å²) in [6.45, 7) is 2.74. The monoisotopic (exact) mass is 297 g/mol. The summed E-state index contributed by atoms with van der Waals surface area (Å²) in [5, 5.41) is 6.94. The van der Waals surface area contributed by atoms with Crippen LogP contribution in [-0.4, -0.2) is 32.1 Å². The number of hydrogen-bond donors (Lipinski definition) is 1. The Morgan fingerprint density at radius 1 is 1.32 bits per heavy atom. The maximum absolute atomic E-state index is 12.3. The summed E-state index contributed by atoms with van der Waals surface area (Å²) >= 11 is 0. The van der Waals surface area contributed by atoms with E-state index in [1.807, 2.05) is 13.0 Å². The quantitative estimate of drug-likeness (QED) is 0.771. The lowest BCUT2D eigenvalue weighted by Gasteiger charge is -2.09. The molecule has 0 bridgehead atoms. The van der Waals surface area contributed by atoms with Crippen molar-refractivity contribution in [3.8, 4) is 5.88 Å². The van der Waals surface area contributed by atoms with E-state index in [1.54, 1.807) is 35.2 Å². The van der Waals surface area contributed by atoms with Gasteiger partial charge in [0.2, 0.25) is 5.88 Å². The van der Waals surface area contributed by atoms with Gasteiger partial charge >= 0.3 is 0 Å². The third-order valence-corrected chi connectivity index (χ3v) is 3.09. The molecule has 0 aliphatic heterocycles. The van der Waals surface area contributed by atoms with E-state index in [-0.39, 0.29) is 5.91 Å². The number of aromatic nitrogens is 4. The number of carbonyl (C=O) groups is 1. The van der Waals surface area contributed by atoms with Crippen LogP contribution in [0.1, 0.15) is 22.8 Å². The van der Waals surface area contributed by atoms with Crippen LogP contribution in [0.15, 0.2) is 43.0 Å². The van der Waals surface area contributed by atoms with Gasteiger partial charge in [0.15, 0.2) is 5.65 Å². The van der Waals surface area contributed by atoms with E-state index in [1.165, 1.54) is 6.20 Å². The van der Waals surface area contributed by atoms with Gasteiger partial charge in [0.1, 0.15) is 5.56 Å². The van der Waals surface area contributed by atoms with Gasteiger partial charge in [-0.05, 0) is 19.1 Å². The first-order valence-electron chi connectivity index (χ1n) is 6.93. The molecule has 3 aromatic rings. The lowest BCUT2D eigenvalue weighted by atomic mass is 10.2. The molecule has 112 valence electrons. The topological polar surface area (TPSA) is 81.4 Å². The average molecular weight is 297 g/mol. The zero-order valence-corrected chi connectivity index (χ0v) is 12.1. The number of nitrogens with zero attached hydrogens (tertiary/aromatic N) is 4. The lowest BCUT2D eigenvalue weighted by molar-refractivity contribution is 0.0952. The summed E-state index contributed by atoms with van der Waals surface area (Å²) in [7, 11) is 0. The zero-order valence-electron chi connectivity index (χ0n) is 12.1. The minimum atomic E-state index is -0.236. The summed E-state index contributed by atoms with van der Waals surface area (Å²) in [6, 6.07) is 5.43. The highest BCUT2D eigenvalue weighted by molar-refractivity contribution is 5.99. The zero-order chi connectivity index (χ0) is 15.4. The van der Waals surface area contributed by atoms with Gasteiger partial charge < -0.3 is 10.1 Å². The fourth-order valence-electron chi connectivity index (χ4n) is 2.08. The fourth-order valence-corrected chi connectivity index (χ4v) is 2.08. The van der Waals surface area contributed by atoms with Crippen molar-refractivity contribution in [2.75, 3.05) is 6.61 Å². The highest BCUT2D eigenvalue weighted by Gasteiger charge is 2.14. The molecule has 1 N–H and O–H groups in total. The van der Waals surface area contributed by atoms with Crippen molar-refractivity contribution in [1.29, 1.82) is 0 Å². The van der Waals surface area contributed by atoms with Gasteiger partial charge in [-0.1, -0.05) is 6.07 Å². The average Bonchev–Trinajstić information content (AvgIpc) is 2.98. The number of rotatable bonds is 5. The third-order valence-electron chi connectivity index (χ3n) is 3.09. The van der Waals surface area contributed by atoms with Crippen molar-refractivity contribution in [3.05, 3.63) is 54.1 Å². The van der Waals surface area contributed by atoms with Gasteiger partial charge in [0.05, 0.1) is 12.8 Å². The predicted octanol–water partition coefficient (Wildman–Crippen LogP) is 1.45. The first-order valence-corrected chi connectivity index (χ1v) is 6.93. The Morgan fingerprint density at radius 3 is 3.05 bits per heavy atom. The molecule has 1 amide bonds.